The molecule has 148 valence electrons. The molecule has 0 aliphatic heterocycles. The van der Waals surface area contributed by atoms with Crippen molar-refractivity contribution in [3.8, 4) is 0 Å². The van der Waals surface area contributed by atoms with E-state index in [2.05, 4.69) is 5.32 Å². The molecule has 0 saturated heterocycles. The van der Waals surface area contributed by atoms with Crippen molar-refractivity contribution in [3.63, 3.8) is 0 Å². The Kier molecular flexibility index (Phi) is 5.85. The van der Waals surface area contributed by atoms with Gasteiger partial charge in [0, 0.05) is 16.8 Å². The van der Waals surface area contributed by atoms with Crippen LogP contribution in [0.1, 0.15) is 31.8 Å². The monoisotopic (exact) mass is 436 g/mol. The summed E-state index contributed by atoms with van der Waals surface area (Å²) in [6, 6.07) is 12.1. The van der Waals surface area contributed by atoms with Crippen LogP contribution in [0.2, 0.25) is 0 Å². The number of halogens is 1. The first-order valence-corrected chi connectivity index (χ1v) is 9.77. The van der Waals surface area contributed by atoms with Gasteiger partial charge in [0.1, 0.15) is 10.7 Å². The molecule has 0 bridgehead atoms. The van der Waals surface area contributed by atoms with Crippen LogP contribution in [0.15, 0.2) is 59.5 Å². The summed E-state index contributed by atoms with van der Waals surface area (Å²) in [5, 5.41) is 2.81. The number of carbonyl (C=O) groups is 2. The molecule has 1 aliphatic carbocycles. The van der Waals surface area contributed by atoms with Crippen LogP contribution in [0.3, 0.4) is 0 Å². The van der Waals surface area contributed by atoms with Crippen molar-refractivity contribution in [1.82, 2.24) is 0 Å². The predicted octanol–water partition coefficient (Wildman–Crippen LogP) is 2.53. The molecule has 0 fully saturated rings. The number of hydrogen-bond donors (Lipinski definition) is 3. The van der Waals surface area contributed by atoms with E-state index in [1.807, 2.05) is 0 Å². The number of fused-ring (bicyclic) bond motifs is 2. The molecule has 0 unspecified atom stereocenters. The van der Waals surface area contributed by atoms with Crippen molar-refractivity contribution >= 4 is 68.3 Å². The molecule has 3 aromatic carbocycles. The van der Waals surface area contributed by atoms with Gasteiger partial charge in [0.2, 0.25) is 0 Å². The fourth-order valence-electron chi connectivity index (χ4n) is 3.29. The van der Waals surface area contributed by atoms with Crippen LogP contribution in [0, 0.1) is 5.82 Å². The molecule has 7 nitrogen and oxygen atoms in total. The summed E-state index contributed by atoms with van der Waals surface area (Å²) >= 11 is 0. The standard InChI is InChI=1S/C20H13FN2O5S.Na.H/c21-10-5-7-11(8-6-10)23-14-9-15(29(26,27)28)18(22)17-16(14)19(24)12-3-1-2-4-13(12)20(17)25;;/h1-9,23H,22H2,(H,26,27,28);;. The summed E-state index contributed by atoms with van der Waals surface area (Å²) in [7, 11) is -4.80. The van der Waals surface area contributed by atoms with Gasteiger partial charge in [-0.25, -0.2) is 4.39 Å². The molecule has 0 spiro atoms. The summed E-state index contributed by atoms with van der Waals surface area (Å²) < 4.78 is 46.4. The molecule has 0 atom stereocenters. The minimum absolute atomic E-state index is 0. The Hall–Kier alpha value is -2.56. The number of anilines is 3. The zero-order valence-corrected chi connectivity index (χ0v) is 15.5. The number of nitrogens with two attached hydrogens (primary N) is 1. The first-order valence-electron chi connectivity index (χ1n) is 8.33. The van der Waals surface area contributed by atoms with Crippen LogP contribution in [0.4, 0.5) is 21.5 Å². The molecule has 4 N–H and O–H groups in total. The third-order valence-corrected chi connectivity index (χ3v) is 5.49. The van der Waals surface area contributed by atoms with Crippen LogP contribution in [-0.4, -0.2) is 54.1 Å². The predicted molar refractivity (Wildman–Crippen MR) is 111 cm³/mol. The molecule has 1 aliphatic rings. The van der Waals surface area contributed by atoms with Gasteiger partial charge in [-0.2, -0.15) is 8.42 Å². The van der Waals surface area contributed by atoms with Crippen molar-refractivity contribution in [3.05, 3.63) is 82.7 Å². The second-order valence-electron chi connectivity index (χ2n) is 6.40. The number of hydrogen-bond acceptors (Lipinski definition) is 6. The van der Waals surface area contributed by atoms with E-state index in [0.29, 0.717) is 5.69 Å². The van der Waals surface area contributed by atoms with Gasteiger partial charge < -0.3 is 11.1 Å². The maximum absolute atomic E-state index is 13.2. The summed E-state index contributed by atoms with van der Waals surface area (Å²) in [6.07, 6.45) is 0. The van der Waals surface area contributed by atoms with Crippen molar-refractivity contribution in [2.45, 2.75) is 4.90 Å². The Morgan fingerprint density at radius 3 is 1.97 bits per heavy atom. The summed E-state index contributed by atoms with van der Waals surface area (Å²) in [5.41, 5.74) is 5.45. The Labute approximate surface area is 193 Å². The number of carbonyl (C=O) groups excluding carboxylic acids is 2. The van der Waals surface area contributed by atoms with Crippen molar-refractivity contribution in [2.24, 2.45) is 0 Å². The molecular formula is C20H14FN2NaO5S. The number of rotatable bonds is 3. The second-order valence-corrected chi connectivity index (χ2v) is 7.79. The molecule has 0 saturated carbocycles. The molecule has 0 aromatic heterocycles. The SMILES string of the molecule is Nc1c(S(=O)(=O)O)cc(Nc2ccc(F)cc2)c2c1C(=O)c1ccccc1C2=O.[NaH]. The Bertz CT molecular complexity index is 1310. The van der Waals surface area contributed by atoms with Crippen LogP contribution < -0.4 is 11.1 Å². The molecule has 4 rings (SSSR count). The molecular weight excluding hydrogens is 422 g/mol. The van der Waals surface area contributed by atoms with E-state index >= 15 is 0 Å². The van der Waals surface area contributed by atoms with Gasteiger partial charge in [-0.15, -0.1) is 0 Å². The number of benzene rings is 3. The van der Waals surface area contributed by atoms with Crippen molar-refractivity contribution < 1.29 is 27.0 Å². The third kappa shape index (κ3) is 3.66. The fraction of sp³-hybridized carbons (Fsp3) is 0. The first kappa shape index (κ1) is 22.1. The fourth-order valence-corrected chi connectivity index (χ4v) is 3.94. The summed E-state index contributed by atoms with van der Waals surface area (Å²) in [6.45, 7) is 0. The summed E-state index contributed by atoms with van der Waals surface area (Å²) in [4.78, 5) is 25.4. The van der Waals surface area contributed by atoms with Gasteiger partial charge in [0.05, 0.1) is 22.5 Å². The zero-order chi connectivity index (χ0) is 20.9. The van der Waals surface area contributed by atoms with E-state index in [1.165, 1.54) is 24.3 Å². The van der Waals surface area contributed by atoms with Gasteiger partial charge >= 0.3 is 29.6 Å². The van der Waals surface area contributed by atoms with Crippen molar-refractivity contribution in [1.29, 1.82) is 0 Å². The molecule has 0 amide bonds. The average Bonchev–Trinajstić information content (AvgIpc) is 2.68. The number of ketones is 2. The van der Waals surface area contributed by atoms with Crippen LogP contribution in [-0.2, 0) is 10.1 Å². The van der Waals surface area contributed by atoms with Gasteiger partial charge in [-0.1, -0.05) is 24.3 Å². The Morgan fingerprint density at radius 1 is 0.900 bits per heavy atom. The van der Waals surface area contributed by atoms with E-state index in [-0.39, 0.29) is 57.5 Å². The third-order valence-electron chi connectivity index (χ3n) is 4.60. The van der Waals surface area contributed by atoms with Crippen molar-refractivity contribution in [2.75, 3.05) is 11.1 Å². The second kappa shape index (κ2) is 7.93. The van der Waals surface area contributed by atoms with E-state index < -0.39 is 38.1 Å². The van der Waals surface area contributed by atoms with Crippen LogP contribution in [0.25, 0.3) is 0 Å². The van der Waals surface area contributed by atoms with E-state index in [9.17, 15) is 27.0 Å². The summed E-state index contributed by atoms with van der Waals surface area (Å²) in [5.74, 6) is -1.66. The first-order chi connectivity index (χ1) is 13.7. The van der Waals surface area contributed by atoms with Gasteiger partial charge in [0.25, 0.3) is 10.1 Å². The van der Waals surface area contributed by atoms with E-state index in [4.69, 9.17) is 5.73 Å². The molecule has 0 radical (unpaired) electrons. The molecule has 0 heterocycles. The average molecular weight is 436 g/mol. The molecule has 30 heavy (non-hydrogen) atoms. The zero-order valence-electron chi connectivity index (χ0n) is 14.6. The van der Waals surface area contributed by atoms with Crippen LogP contribution in [0.5, 0.6) is 0 Å². The number of nitrogens with one attached hydrogen (secondary N) is 1. The van der Waals surface area contributed by atoms with E-state index in [0.717, 1.165) is 18.2 Å². The van der Waals surface area contributed by atoms with Crippen LogP contribution >= 0.6 is 0 Å². The topological polar surface area (TPSA) is 127 Å². The Balaban J connectivity index is 0.00000256. The minimum atomic E-state index is -4.80. The molecule has 3 aromatic rings. The quantitative estimate of drug-likeness (QED) is 0.256. The van der Waals surface area contributed by atoms with E-state index in [1.54, 1.807) is 12.1 Å². The number of nitrogen functional groups attached to an aromatic ring is 1. The normalized spacial score (nSPS) is 12.6. The van der Waals surface area contributed by atoms with Gasteiger partial charge in [-0.05, 0) is 30.3 Å². The van der Waals surface area contributed by atoms with Gasteiger partial charge in [-0.3, -0.25) is 14.1 Å². The van der Waals surface area contributed by atoms with Gasteiger partial charge in [0.15, 0.2) is 11.6 Å². The maximum atomic E-state index is 13.2. The Morgan fingerprint density at radius 2 is 1.43 bits per heavy atom. The molecule has 10 heteroatoms.